The van der Waals surface area contributed by atoms with Gasteiger partial charge in [0.1, 0.15) is 17.2 Å². The van der Waals surface area contributed by atoms with Crippen LogP contribution in [0.4, 0.5) is 19.6 Å². The van der Waals surface area contributed by atoms with Gasteiger partial charge >= 0.3 is 0 Å². The van der Waals surface area contributed by atoms with Gasteiger partial charge in [0.25, 0.3) is 0 Å². The number of hydrogen-bond acceptors (Lipinski definition) is 6. The average molecular weight is 361 g/mol. The highest BCUT2D eigenvalue weighted by Gasteiger charge is 2.22. The highest BCUT2D eigenvalue weighted by atomic mass is 32.1. The van der Waals surface area contributed by atoms with Crippen LogP contribution in [0.5, 0.6) is 0 Å². The monoisotopic (exact) mass is 361 g/mol. The van der Waals surface area contributed by atoms with Gasteiger partial charge in [0.15, 0.2) is 5.82 Å². The predicted molar refractivity (Wildman–Crippen MR) is 95.4 cm³/mol. The van der Waals surface area contributed by atoms with E-state index in [1.807, 2.05) is 13.0 Å². The minimum atomic E-state index is -0.628. The highest BCUT2D eigenvalue weighted by Crippen LogP contribution is 2.29. The number of rotatable bonds is 3. The highest BCUT2D eigenvalue weighted by molar-refractivity contribution is 7.09. The summed E-state index contributed by atoms with van der Waals surface area (Å²) in [7, 11) is 0. The Labute approximate surface area is 148 Å². The van der Waals surface area contributed by atoms with Gasteiger partial charge in [0.2, 0.25) is 5.13 Å². The Morgan fingerprint density at radius 1 is 1.12 bits per heavy atom. The third kappa shape index (κ3) is 3.02. The molecule has 0 aliphatic carbocycles. The molecule has 3 aromatic rings. The lowest BCUT2D eigenvalue weighted by Gasteiger charge is -2.36. The number of aryl methyl sites for hydroxylation is 1. The van der Waals surface area contributed by atoms with Crippen molar-refractivity contribution in [2.24, 2.45) is 0 Å². The van der Waals surface area contributed by atoms with Crippen LogP contribution in [0.2, 0.25) is 0 Å². The van der Waals surface area contributed by atoms with Crippen molar-refractivity contribution >= 4 is 33.3 Å². The first kappa shape index (κ1) is 16.1. The lowest BCUT2D eigenvalue weighted by Crippen LogP contribution is -2.46. The first-order valence-electron chi connectivity index (χ1n) is 8.22. The zero-order valence-corrected chi connectivity index (χ0v) is 14.6. The molecule has 25 heavy (non-hydrogen) atoms. The molecule has 5 nitrogen and oxygen atoms in total. The number of pyridine rings is 1. The Kier molecular flexibility index (Phi) is 4.20. The summed E-state index contributed by atoms with van der Waals surface area (Å²) in [4.78, 5) is 12.9. The van der Waals surface area contributed by atoms with E-state index in [2.05, 4.69) is 24.1 Å². The zero-order chi connectivity index (χ0) is 17.4. The predicted octanol–water partition coefficient (Wildman–Crippen LogP) is 3.25. The molecule has 8 heteroatoms. The fourth-order valence-corrected chi connectivity index (χ4v) is 3.90. The van der Waals surface area contributed by atoms with Gasteiger partial charge in [-0.1, -0.05) is 6.92 Å². The van der Waals surface area contributed by atoms with Gasteiger partial charge in [0, 0.05) is 67.5 Å². The number of hydrogen-bond donors (Lipinski definition) is 0. The fourth-order valence-electron chi connectivity index (χ4n) is 3.10. The standard InChI is InChI=1S/C17H17F2N5S/c1-2-15-21-17(25-22-15)24-7-5-23(6-8-24)14-3-4-20-16-12(14)9-11(18)10-13(16)19/h3-4,9-10H,2,5-8H2,1H3. The van der Waals surface area contributed by atoms with E-state index in [0.717, 1.165) is 55.3 Å². The van der Waals surface area contributed by atoms with Crippen molar-refractivity contribution in [3.8, 4) is 0 Å². The van der Waals surface area contributed by atoms with E-state index in [0.29, 0.717) is 5.39 Å². The van der Waals surface area contributed by atoms with Gasteiger partial charge in [-0.05, 0) is 12.1 Å². The number of piperazine rings is 1. The summed E-state index contributed by atoms with van der Waals surface area (Å²) >= 11 is 1.42. The maximum absolute atomic E-state index is 14.0. The molecule has 0 bridgehead atoms. The Morgan fingerprint density at radius 3 is 2.60 bits per heavy atom. The quantitative estimate of drug-likeness (QED) is 0.717. The molecular formula is C17H17F2N5S. The number of fused-ring (bicyclic) bond motifs is 1. The van der Waals surface area contributed by atoms with Crippen molar-refractivity contribution in [2.75, 3.05) is 36.0 Å². The molecule has 0 unspecified atom stereocenters. The normalized spacial score (nSPS) is 15.2. The van der Waals surface area contributed by atoms with E-state index in [1.165, 1.54) is 17.6 Å². The number of nitrogens with zero attached hydrogens (tertiary/aromatic N) is 5. The van der Waals surface area contributed by atoms with Crippen molar-refractivity contribution in [3.63, 3.8) is 0 Å². The molecule has 4 rings (SSSR count). The summed E-state index contributed by atoms with van der Waals surface area (Å²) in [5.74, 6) is -0.344. The van der Waals surface area contributed by atoms with Gasteiger partial charge < -0.3 is 9.80 Å². The minimum Gasteiger partial charge on any atom is -0.367 e. The van der Waals surface area contributed by atoms with Crippen molar-refractivity contribution < 1.29 is 8.78 Å². The average Bonchev–Trinajstić information content (AvgIpc) is 3.10. The van der Waals surface area contributed by atoms with E-state index in [-0.39, 0.29) is 5.52 Å². The van der Waals surface area contributed by atoms with E-state index < -0.39 is 11.6 Å². The number of anilines is 2. The van der Waals surface area contributed by atoms with Crippen LogP contribution in [0, 0.1) is 11.6 Å². The van der Waals surface area contributed by atoms with Crippen molar-refractivity contribution in [2.45, 2.75) is 13.3 Å². The molecule has 1 saturated heterocycles. The molecule has 0 amide bonds. The van der Waals surface area contributed by atoms with Gasteiger partial charge in [-0.3, -0.25) is 4.98 Å². The lowest BCUT2D eigenvalue weighted by atomic mass is 10.1. The molecule has 1 aliphatic rings. The molecule has 0 atom stereocenters. The molecule has 0 spiro atoms. The first-order valence-corrected chi connectivity index (χ1v) is 8.99. The molecule has 0 N–H and O–H groups in total. The topological polar surface area (TPSA) is 45.2 Å². The maximum Gasteiger partial charge on any atom is 0.205 e. The zero-order valence-electron chi connectivity index (χ0n) is 13.7. The van der Waals surface area contributed by atoms with Crippen molar-refractivity contribution in [3.05, 3.63) is 41.9 Å². The Bertz CT molecular complexity index is 905. The van der Waals surface area contributed by atoms with Crippen LogP contribution in [0.1, 0.15) is 12.7 Å². The number of halogens is 2. The third-order valence-corrected chi connectivity index (χ3v) is 5.22. The van der Waals surface area contributed by atoms with Crippen molar-refractivity contribution in [1.29, 1.82) is 0 Å². The van der Waals surface area contributed by atoms with Crippen molar-refractivity contribution in [1.82, 2.24) is 14.3 Å². The molecule has 3 heterocycles. The second-order valence-corrected chi connectivity index (χ2v) is 6.66. The van der Waals surface area contributed by atoms with Gasteiger partial charge in [-0.25, -0.2) is 13.8 Å². The summed E-state index contributed by atoms with van der Waals surface area (Å²) in [6, 6.07) is 4.04. The molecule has 2 aromatic heterocycles. The SMILES string of the molecule is CCc1nsc(N2CCN(c3ccnc4c(F)cc(F)cc34)CC2)n1. The minimum absolute atomic E-state index is 0.207. The van der Waals surface area contributed by atoms with Gasteiger partial charge in [-0.15, -0.1) is 0 Å². The number of benzene rings is 1. The molecule has 1 aliphatic heterocycles. The molecule has 1 fully saturated rings. The Morgan fingerprint density at radius 2 is 1.88 bits per heavy atom. The summed E-state index contributed by atoms with van der Waals surface area (Å²) in [5, 5.41) is 1.45. The third-order valence-electron chi connectivity index (χ3n) is 4.40. The summed E-state index contributed by atoms with van der Waals surface area (Å²) < 4.78 is 32.0. The molecule has 130 valence electrons. The fraction of sp³-hybridized carbons (Fsp3) is 0.353. The van der Waals surface area contributed by atoms with Crippen LogP contribution >= 0.6 is 11.5 Å². The summed E-state index contributed by atoms with van der Waals surface area (Å²) in [6.45, 7) is 5.12. The Hall–Kier alpha value is -2.35. The largest absolute Gasteiger partial charge is 0.367 e. The number of aromatic nitrogens is 3. The van der Waals surface area contributed by atoms with Gasteiger partial charge in [-0.2, -0.15) is 4.37 Å². The van der Waals surface area contributed by atoms with Crippen LogP contribution in [0.25, 0.3) is 10.9 Å². The van der Waals surface area contributed by atoms with Crippen LogP contribution < -0.4 is 9.80 Å². The van der Waals surface area contributed by atoms with Crippen LogP contribution in [-0.4, -0.2) is 40.5 Å². The molecule has 0 radical (unpaired) electrons. The second-order valence-electron chi connectivity index (χ2n) is 5.93. The summed E-state index contributed by atoms with van der Waals surface area (Å²) in [6.07, 6.45) is 2.40. The van der Waals surface area contributed by atoms with E-state index >= 15 is 0 Å². The smallest absolute Gasteiger partial charge is 0.205 e. The van der Waals surface area contributed by atoms with E-state index in [4.69, 9.17) is 0 Å². The van der Waals surface area contributed by atoms with Crippen LogP contribution in [0.15, 0.2) is 24.4 Å². The van der Waals surface area contributed by atoms with Gasteiger partial charge in [0.05, 0.1) is 0 Å². The van der Waals surface area contributed by atoms with E-state index in [1.54, 1.807) is 6.20 Å². The molecule has 1 aromatic carbocycles. The summed E-state index contributed by atoms with van der Waals surface area (Å²) in [5.41, 5.74) is 1.02. The lowest BCUT2D eigenvalue weighted by molar-refractivity contribution is 0.590. The van der Waals surface area contributed by atoms with Crippen LogP contribution in [0.3, 0.4) is 0 Å². The second kappa shape index (κ2) is 6.51. The molecular weight excluding hydrogens is 344 g/mol. The maximum atomic E-state index is 14.0. The molecule has 0 saturated carbocycles. The first-order chi connectivity index (χ1) is 12.2. The van der Waals surface area contributed by atoms with Crippen LogP contribution in [-0.2, 0) is 6.42 Å². The Balaban J connectivity index is 1.57. The van der Waals surface area contributed by atoms with E-state index in [9.17, 15) is 8.78 Å².